The van der Waals surface area contributed by atoms with E-state index in [9.17, 15) is 4.79 Å². The van der Waals surface area contributed by atoms with Gasteiger partial charge >= 0.3 is 0 Å². The molecule has 0 aromatic heterocycles. The van der Waals surface area contributed by atoms with E-state index in [0.29, 0.717) is 6.42 Å². The Labute approximate surface area is 163 Å². The van der Waals surface area contributed by atoms with Gasteiger partial charge in [-0.25, -0.2) is 0 Å². The highest BCUT2D eigenvalue weighted by molar-refractivity contribution is 5.79. The minimum atomic E-state index is 0.0124. The lowest BCUT2D eigenvalue weighted by molar-refractivity contribution is -0.121. The minimum Gasteiger partial charge on any atom is -0.371 e. The Bertz CT molecular complexity index is 781. The van der Waals surface area contributed by atoms with Crippen molar-refractivity contribution in [3.63, 3.8) is 0 Å². The number of carbonyl (C=O) groups is 1. The van der Waals surface area contributed by atoms with E-state index in [2.05, 4.69) is 74.3 Å². The van der Waals surface area contributed by atoms with Crippen LogP contribution in [0.4, 0.5) is 5.69 Å². The van der Waals surface area contributed by atoms with Crippen molar-refractivity contribution < 1.29 is 4.79 Å². The van der Waals surface area contributed by atoms with E-state index in [1.165, 1.54) is 29.7 Å². The van der Waals surface area contributed by atoms with Crippen LogP contribution in [0.15, 0.2) is 42.5 Å². The molecule has 1 saturated heterocycles. The maximum atomic E-state index is 12.4. The highest BCUT2D eigenvalue weighted by Crippen LogP contribution is 2.24. The Balaban J connectivity index is 1.57. The molecular formula is C24H32N2O. The molecule has 27 heavy (non-hydrogen) atoms. The SMILES string of the molecule is Cc1ccc(CC(=O)N[C@@H](C)c2ccc(N3CCC[C@H](C)C3)cc2)cc1C. The lowest BCUT2D eigenvalue weighted by Crippen LogP contribution is -2.34. The standard InChI is InChI=1S/C24H32N2O/c1-17-6-5-13-26(16-17)23-11-9-22(10-12-23)20(4)25-24(27)15-21-8-7-18(2)19(3)14-21/h7-12,14,17,20H,5-6,13,15-16H2,1-4H3,(H,25,27)/t17-,20-/m0/s1. The first-order chi connectivity index (χ1) is 12.9. The van der Waals surface area contributed by atoms with Crippen molar-refractivity contribution in [2.24, 2.45) is 5.92 Å². The second kappa shape index (κ2) is 8.60. The molecule has 3 nitrogen and oxygen atoms in total. The smallest absolute Gasteiger partial charge is 0.224 e. The third-order valence-corrected chi connectivity index (χ3v) is 5.73. The number of nitrogens with one attached hydrogen (secondary N) is 1. The predicted octanol–water partition coefficient (Wildman–Crippen LogP) is 4.96. The van der Waals surface area contributed by atoms with Crippen LogP contribution in [-0.4, -0.2) is 19.0 Å². The summed E-state index contributed by atoms with van der Waals surface area (Å²) in [5.74, 6) is 0.835. The molecule has 0 aliphatic carbocycles. The van der Waals surface area contributed by atoms with Crippen LogP contribution in [0.25, 0.3) is 0 Å². The third-order valence-electron chi connectivity index (χ3n) is 5.73. The van der Waals surface area contributed by atoms with Gasteiger partial charge in [-0.2, -0.15) is 0 Å². The molecule has 0 unspecified atom stereocenters. The number of carbonyl (C=O) groups excluding carboxylic acids is 1. The van der Waals surface area contributed by atoms with Crippen molar-refractivity contribution in [3.8, 4) is 0 Å². The van der Waals surface area contributed by atoms with Gasteiger partial charge in [-0.1, -0.05) is 37.3 Å². The fourth-order valence-corrected chi connectivity index (χ4v) is 3.87. The molecule has 0 bridgehead atoms. The highest BCUT2D eigenvalue weighted by atomic mass is 16.1. The zero-order chi connectivity index (χ0) is 19.4. The van der Waals surface area contributed by atoms with E-state index in [-0.39, 0.29) is 11.9 Å². The fraction of sp³-hybridized carbons (Fsp3) is 0.458. The molecule has 0 saturated carbocycles. The van der Waals surface area contributed by atoms with Crippen LogP contribution >= 0.6 is 0 Å². The van der Waals surface area contributed by atoms with Crippen molar-refractivity contribution >= 4 is 11.6 Å². The monoisotopic (exact) mass is 364 g/mol. The van der Waals surface area contributed by atoms with E-state index < -0.39 is 0 Å². The van der Waals surface area contributed by atoms with Crippen LogP contribution < -0.4 is 10.2 Å². The van der Waals surface area contributed by atoms with Crippen LogP contribution in [0.3, 0.4) is 0 Å². The summed E-state index contributed by atoms with van der Waals surface area (Å²) in [5, 5.41) is 3.13. The zero-order valence-corrected chi connectivity index (χ0v) is 17.1. The van der Waals surface area contributed by atoms with E-state index in [4.69, 9.17) is 0 Å². The summed E-state index contributed by atoms with van der Waals surface area (Å²) in [5.41, 5.74) is 6.00. The van der Waals surface area contributed by atoms with Crippen LogP contribution in [-0.2, 0) is 11.2 Å². The molecule has 1 aliphatic heterocycles. The van der Waals surface area contributed by atoms with E-state index in [0.717, 1.165) is 30.1 Å². The Kier molecular flexibility index (Phi) is 6.20. The summed E-state index contributed by atoms with van der Waals surface area (Å²) >= 11 is 0. The first kappa shape index (κ1) is 19.5. The Morgan fingerprint density at radius 3 is 2.56 bits per heavy atom. The molecule has 0 radical (unpaired) electrons. The molecule has 3 heteroatoms. The van der Waals surface area contributed by atoms with Crippen molar-refractivity contribution in [1.82, 2.24) is 5.32 Å². The van der Waals surface area contributed by atoms with Gasteiger partial charge in [0, 0.05) is 18.8 Å². The normalized spacial score (nSPS) is 18.2. The lowest BCUT2D eigenvalue weighted by Gasteiger charge is -2.33. The van der Waals surface area contributed by atoms with Crippen molar-refractivity contribution in [2.75, 3.05) is 18.0 Å². The molecule has 2 aromatic carbocycles. The van der Waals surface area contributed by atoms with Gasteiger partial charge in [0.1, 0.15) is 0 Å². The Morgan fingerprint density at radius 1 is 1.15 bits per heavy atom. The van der Waals surface area contributed by atoms with Gasteiger partial charge < -0.3 is 10.2 Å². The molecular weight excluding hydrogens is 332 g/mol. The summed E-state index contributed by atoms with van der Waals surface area (Å²) < 4.78 is 0. The third kappa shape index (κ3) is 5.12. The molecule has 2 aromatic rings. The summed E-state index contributed by atoms with van der Waals surface area (Å²) in [7, 11) is 0. The number of anilines is 1. The Hall–Kier alpha value is -2.29. The zero-order valence-electron chi connectivity index (χ0n) is 17.1. The largest absolute Gasteiger partial charge is 0.371 e. The summed E-state index contributed by atoms with van der Waals surface area (Å²) in [6.45, 7) is 10.8. The van der Waals surface area contributed by atoms with E-state index in [1.807, 2.05) is 6.07 Å². The van der Waals surface area contributed by atoms with Crippen LogP contribution in [0.5, 0.6) is 0 Å². The van der Waals surface area contributed by atoms with E-state index >= 15 is 0 Å². The molecule has 144 valence electrons. The number of rotatable bonds is 5. The average molecular weight is 365 g/mol. The Morgan fingerprint density at radius 2 is 1.89 bits per heavy atom. The average Bonchev–Trinajstić information content (AvgIpc) is 2.65. The number of nitrogens with zero attached hydrogens (tertiary/aromatic N) is 1. The number of hydrogen-bond acceptors (Lipinski definition) is 2. The van der Waals surface area contributed by atoms with Gasteiger partial charge in [0.2, 0.25) is 5.91 Å². The molecule has 2 atom stereocenters. The first-order valence-corrected chi connectivity index (χ1v) is 10.1. The van der Waals surface area contributed by atoms with Crippen LogP contribution in [0, 0.1) is 19.8 Å². The molecule has 0 spiro atoms. The molecule has 1 aliphatic rings. The molecule has 1 amide bonds. The molecule has 1 fully saturated rings. The molecule has 3 rings (SSSR count). The van der Waals surface area contributed by atoms with Gasteiger partial charge in [-0.15, -0.1) is 0 Å². The maximum Gasteiger partial charge on any atom is 0.224 e. The fourth-order valence-electron chi connectivity index (χ4n) is 3.87. The van der Waals surface area contributed by atoms with Crippen molar-refractivity contribution in [2.45, 2.75) is 53.0 Å². The summed E-state index contributed by atoms with van der Waals surface area (Å²) in [4.78, 5) is 14.9. The summed E-state index contributed by atoms with van der Waals surface area (Å²) in [6, 6.07) is 14.9. The molecule has 1 heterocycles. The van der Waals surface area contributed by atoms with Gasteiger partial charge in [0.25, 0.3) is 0 Å². The van der Waals surface area contributed by atoms with Crippen LogP contribution in [0.1, 0.15) is 55.0 Å². The quantitative estimate of drug-likeness (QED) is 0.813. The second-order valence-electron chi connectivity index (χ2n) is 8.17. The second-order valence-corrected chi connectivity index (χ2v) is 8.17. The maximum absolute atomic E-state index is 12.4. The number of amides is 1. The van der Waals surface area contributed by atoms with Gasteiger partial charge in [-0.3, -0.25) is 4.79 Å². The van der Waals surface area contributed by atoms with Gasteiger partial charge in [-0.05, 0) is 73.9 Å². The number of benzene rings is 2. The van der Waals surface area contributed by atoms with Gasteiger partial charge in [0.05, 0.1) is 12.5 Å². The minimum absolute atomic E-state index is 0.0124. The lowest BCUT2D eigenvalue weighted by atomic mass is 9.99. The van der Waals surface area contributed by atoms with E-state index in [1.54, 1.807) is 0 Å². The highest BCUT2D eigenvalue weighted by Gasteiger charge is 2.17. The van der Waals surface area contributed by atoms with Crippen molar-refractivity contribution in [3.05, 3.63) is 64.7 Å². The number of aryl methyl sites for hydroxylation is 2. The van der Waals surface area contributed by atoms with Gasteiger partial charge in [0.15, 0.2) is 0 Å². The van der Waals surface area contributed by atoms with Crippen LogP contribution in [0.2, 0.25) is 0 Å². The topological polar surface area (TPSA) is 32.3 Å². The number of piperidine rings is 1. The number of hydrogen-bond donors (Lipinski definition) is 1. The summed E-state index contributed by atoms with van der Waals surface area (Å²) in [6.07, 6.45) is 3.03. The van der Waals surface area contributed by atoms with Crippen molar-refractivity contribution in [1.29, 1.82) is 0 Å². The first-order valence-electron chi connectivity index (χ1n) is 10.1. The predicted molar refractivity (Wildman–Crippen MR) is 113 cm³/mol. The molecule has 1 N–H and O–H groups in total.